The van der Waals surface area contributed by atoms with Crippen LogP contribution in [0.1, 0.15) is 37.4 Å². The van der Waals surface area contributed by atoms with Crippen LogP contribution in [0.4, 0.5) is 24.7 Å². The number of ether oxygens (including phenoxy) is 1. The summed E-state index contributed by atoms with van der Waals surface area (Å²) in [6.07, 6.45) is -3.02. The van der Waals surface area contributed by atoms with Crippen molar-refractivity contribution in [3.8, 4) is 5.75 Å². The van der Waals surface area contributed by atoms with E-state index in [0.29, 0.717) is 41.9 Å². The minimum Gasteiger partial charge on any atom is -0.483 e. The molecule has 0 bridgehead atoms. The molecular weight excluding hydrogens is 465 g/mol. The van der Waals surface area contributed by atoms with Gasteiger partial charge in [0.1, 0.15) is 23.9 Å². The van der Waals surface area contributed by atoms with Gasteiger partial charge in [0.2, 0.25) is 5.91 Å². The number of carbonyl (C=O) groups is 1. The van der Waals surface area contributed by atoms with Crippen molar-refractivity contribution < 1.29 is 22.7 Å². The van der Waals surface area contributed by atoms with Crippen LogP contribution in [0.2, 0.25) is 0 Å². The van der Waals surface area contributed by atoms with Gasteiger partial charge in [0.25, 0.3) is 5.56 Å². The Hall–Kier alpha value is -3.83. The maximum absolute atomic E-state index is 13.2. The highest BCUT2D eigenvalue weighted by Gasteiger charge is 2.31. The van der Waals surface area contributed by atoms with E-state index >= 15 is 0 Å². The van der Waals surface area contributed by atoms with Gasteiger partial charge in [-0.1, -0.05) is 0 Å². The SMILES string of the molecule is CC(=O)N1CCC(Oc2cc3c(N[C@H](C)c4cc(N)cc(C(F)(F)F)c4)ncnc3n(C)c2=O)C1. The van der Waals surface area contributed by atoms with Crippen molar-refractivity contribution in [1.82, 2.24) is 19.4 Å². The highest BCUT2D eigenvalue weighted by atomic mass is 19.4. The van der Waals surface area contributed by atoms with Crippen molar-refractivity contribution in [2.45, 2.75) is 38.6 Å². The number of hydrogen-bond acceptors (Lipinski definition) is 7. The number of nitrogens with zero attached hydrogens (tertiary/aromatic N) is 4. The van der Waals surface area contributed by atoms with Crippen molar-refractivity contribution in [2.75, 3.05) is 24.1 Å². The van der Waals surface area contributed by atoms with Gasteiger partial charge < -0.3 is 20.7 Å². The molecule has 1 fully saturated rings. The number of nitrogens with one attached hydrogen (secondary N) is 1. The smallest absolute Gasteiger partial charge is 0.416 e. The molecule has 0 aliphatic carbocycles. The largest absolute Gasteiger partial charge is 0.483 e. The molecule has 1 aliphatic rings. The lowest BCUT2D eigenvalue weighted by atomic mass is 10.0. The Kier molecular flexibility index (Phi) is 6.30. The number of halogens is 3. The number of hydrogen-bond donors (Lipinski definition) is 2. The molecule has 186 valence electrons. The van der Waals surface area contributed by atoms with Gasteiger partial charge in [-0.15, -0.1) is 0 Å². The van der Waals surface area contributed by atoms with E-state index in [1.54, 1.807) is 18.9 Å². The lowest BCUT2D eigenvalue weighted by Crippen LogP contribution is -2.30. The van der Waals surface area contributed by atoms with E-state index in [-0.39, 0.29) is 23.4 Å². The number of nitrogen functional groups attached to an aromatic ring is 1. The molecule has 1 amide bonds. The van der Waals surface area contributed by atoms with Crippen LogP contribution in [0.5, 0.6) is 5.75 Å². The van der Waals surface area contributed by atoms with Gasteiger partial charge in [-0.05, 0) is 30.7 Å². The molecule has 4 rings (SSSR count). The minimum atomic E-state index is -4.53. The average molecular weight is 490 g/mol. The van der Waals surface area contributed by atoms with Gasteiger partial charge in [0, 0.05) is 38.7 Å². The molecule has 1 unspecified atom stereocenters. The highest BCUT2D eigenvalue weighted by Crippen LogP contribution is 2.34. The Bertz CT molecular complexity index is 1340. The molecule has 3 N–H and O–H groups in total. The van der Waals surface area contributed by atoms with Crippen LogP contribution >= 0.6 is 0 Å². The number of aromatic nitrogens is 3. The second-order valence-corrected chi connectivity index (χ2v) is 8.58. The van der Waals surface area contributed by atoms with Gasteiger partial charge >= 0.3 is 6.18 Å². The van der Waals surface area contributed by atoms with E-state index in [1.807, 2.05) is 0 Å². The molecule has 1 aliphatic heterocycles. The van der Waals surface area contributed by atoms with Crippen LogP contribution in [0.25, 0.3) is 11.0 Å². The third-order valence-corrected chi connectivity index (χ3v) is 6.01. The van der Waals surface area contributed by atoms with Crippen molar-refractivity contribution in [2.24, 2.45) is 7.05 Å². The molecule has 3 heterocycles. The summed E-state index contributed by atoms with van der Waals surface area (Å²) in [6, 6.07) is 4.29. The lowest BCUT2D eigenvalue weighted by Gasteiger charge is -2.20. The summed E-state index contributed by atoms with van der Waals surface area (Å²) in [5.74, 6) is 0.326. The summed E-state index contributed by atoms with van der Waals surface area (Å²) in [7, 11) is 1.54. The van der Waals surface area contributed by atoms with Crippen LogP contribution < -0.4 is 21.3 Å². The van der Waals surface area contributed by atoms with Gasteiger partial charge in [-0.25, -0.2) is 9.97 Å². The first-order valence-corrected chi connectivity index (χ1v) is 10.9. The van der Waals surface area contributed by atoms with Gasteiger partial charge in [-0.2, -0.15) is 13.2 Å². The first-order valence-electron chi connectivity index (χ1n) is 10.9. The molecule has 1 aromatic carbocycles. The maximum Gasteiger partial charge on any atom is 0.416 e. The monoisotopic (exact) mass is 490 g/mol. The Labute approximate surface area is 198 Å². The zero-order valence-corrected chi connectivity index (χ0v) is 19.4. The summed E-state index contributed by atoms with van der Waals surface area (Å²) < 4.78 is 47.0. The first-order chi connectivity index (χ1) is 16.4. The second-order valence-electron chi connectivity index (χ2n) is 8.58. The Morgan fingerprint density at radius 3 is 2.66 bits per heavy atom. The van der Waals surface area contributed by atoms with E-state index < -0.39 is 23.3 Å². The molecule has 2 atom stereocenters. The van der Waals surface area contributed by atoms with Gasteiger partial charge in [0.05, 0.1) is 23.5 Å². The topological polar surface area (TPSA) is 115 Å². The zero-order chi connectivity index (χ0) is 25.5. The summed E-state index contributed by atoms with van der Waals surface area (Å²) in [6.45, 7) is 4.07. The van der Waals surface area contributed by atoms with Crippen molar-refractivity contribution in [3.63, 3.8) is 0 Å². The van der Waals surface area contributed by atoms with Crippen molar-refractivity contribution >= 4 is 28.4 Å². The standard InChI is InChI=1S/C23H25F3N6O3/c1-12(14-6-15(23(24,25)26)8-16(27)7-14)30-20-18-9-19(22(34)31(3)21(18)29-11-28-20)35-17-4-5-32(10-17)13(2)33/h6-9,11-12,17H,4-5,10,27H2,1-3H3,(H,28,29,30)/t12-,17?/m1/s1. The van der Waals surface area contributed by atoms with Crippen LogP contribution in [0, 0.1) is 0 Å². The maximum atomic E-state index is 13.2. The summed E-state index contributed by atoms with van der Waals surface area (Å²) >= 11 is 0. The number of anilines is 2. The van der Waals surface area contributed by atoms with Crippen LogP contribution in [0.15, 0.2) is 35.4 Å². The fourth-order valence-corrected chi connectivity index (χ4v) is 4.11. The third kappa shape index (κ3) is 5.00. The number of fused-ring (bicyclic) bond motifs is 1. The second kappa shape index (κ2) is 9.08. The quantitative estimate of drug-likeness (QED) is 0.528. The number of carbonyl (C=O) groups excluding carboxylic acids is 1. The number of nitrogens with two attached hydrogens (primary N) is 1. The molecule has 9 nitrogen and oxygen atoms in total. The van der Waals surface area contributed by atoms with E-state index in [4.69, 9.17) is 10.5 Å². The number of rotatable bonds is 5. The molecule has 12 heteroatoms. The van der Waals surface area contributed by atoms with E-state index in [0.717, 1.165) is 12.1 Å². The van der Waals surface area contributed by atoms with Crippen molar-refractivity contribution in [1.29, 1.82) is 0 Å². The highest BCUT2D eigenvalue weighted by molar-refractivity contribution is 5.87. The first kappa shape index (κ1) is 24.3. The Morgan fingerprint density at radius 2 is 2.00 bits per heavy atom. The van der Waals surface area contributed by atoms with Gasteiger partial charge in [0.15, 0.2) is 5.75 Å². The van der Waals surface area contributed by atoms with E-state index in [9.17, 15) is 22.8 Å². The average Bonchev–Trinajstić information content (AvgIpc) is 3.26. The molecule has 0 saturated carbocycles. The Balaban J connectivity index is 1.67. The Morgan fingerprint density at radius 1 is 1.26 bits per heavy atom. The number of alkyl halides is 3. The molecule has 0 radical (unpaired) electrons. The fraction of sp³-hybridized carbons (Fsp3) is 0.391. The molecular formula is C23H25F3N6O3. The fourth-order valence-electron chi connectivity index (χ4n) is 4.11. The van der Waals surface area contributed by atoms with Gasteiger partial charge in [-0.3, -0.25) is 14.2 Å². The zero-order valence-electron chi connectivity index (χ0n) is 19.4. The molecule has 1 saturated heterocycles. The summed E-state index contributed by atoms with van der Waals surface area (Å²) in [5.41, 5.74) is 5.10. The van der Waals surface area contributed by atoms with Crippen LogP contribution in [-0.4, -0.2) is 44.5 Å². The normalized spacial score (nSPS) is 17.0. The number of likely N-dealkylation sites (tertiary alicyclic amines) is 1. The number of aryl methyl sites for hydroxylation is 1. The predicted octanol–water partition coefficient (Wildman–Crippen LogP) is 3.10. The predicted molar refractivity (Wildman–Crippen MR) is 124 cm³/mol. The lowest BCUT2D eigenvalue weighted by molar-refractivity contribution is -0.137. The number of pyridine rings is 1. The van der Waals surface area contributed by atoms with Crippen LogP contribution in [0.3, 0.4) is 0 Å². The minimum absolute atomic E-state index is 0.00901. The number of benzene rings is 1. The number of amides is 1. The molecule has 35 heavy (non-hydrogen) atoms. The van der Waals surface area contributed by atoms with E-state index in [2.05, 4.69) is 15.3 Å². The molecule has 2 aromatic heterocycles. The van der Waals surface area contributed by atoms with Crippen molar-refractivity contribution in [3.05, 3.63) is 52.1 Å². The molecule has 0 spiro atoms. The summed E-state index contributed by atoms with van der Waals surface area (Å²) in [4.78, 5) is 34.6. The third-order valence-electron chi connectivity index (χ3n) is 6.01. The van der Waals surface area contributed by atoms with E-state index in [1.165, 1.54) is 30.0 Å². The molecule has 3 aromatic rings. The van der Waals surface area contributed by atoms with Crippen LogP contribution in [-0.2, 0) is 18.0 Å². The summed E-state index contributed by atoms with van der Waals surface area (Å²) in [5, 5.41) is 3.56.